The molecule has 0 aliphatic carbocycles. The van der Waals surface area contributed by atoms with Gasteiger partial charge in [0.25, 0.3) is 0 Å². The minimum absolute atomic E-state index is 0.168. The van der Waals surface area contributed by atoms with E-state index in [2.05, 4.69) is 6.58 Å². The van der Waals surface area contributed by atoms with E-state index >= 15 is 0 Å². The minimum Gasteiger partial charge on any atom is -0.478 e. The van der Waals surface area contributed by atoms with Crippen LogP contribution in [0.4, 0.5) is 0 Å². The normalized spacial score (nSPS) is 13.2. The van der Waals surface area contributed by atoms with Crippen LogP contribution >= 0.6 is 0 Å². The van der Waals surface area contributed by atoms with Crippen molar-refractivity contribution in [2.24, 2.45) is 5.41 Å². The molecule has 0 spiro atoms. The molecule has 214 valence electrons. The highest BCUT2D eigenvalue weighted by Gasteiger charge is 2.44. The molecular weight excluding hydrogens is 524 g/mol. The summed E-state index contributed by atoms with van der Waals surface area (Å²) in [6.07, 6.45) is 3.59. The van der Waals surface area contributed by atoms with Crippen LogP contribution in [0.1, 0.15) is 38.5 Å². The number of aliphatic carboxylic acids is 1. The van der Waals surface area contributed by atoms with Crippen LogP contribution < -0.4 is 0 Å². The van der Waals surface area contributed by atoms with Crippen LogP contribution in [0.3, 0.4) is 0 Å². The molecule has 0 radical (unpaired) electrons. The maximum Gasteiger partial charge on any atom is 0.500 e. The zero-order valence-electron chi connectivity index (χ0n) is 23.6. The van der Waals surface area contributed by atoms with E-state index in [0.717, 1.165) is 0 Å². The fourth-order valence-electron chi connectivity index (χ4n) is 4.65. The Hall–Kier alpha value is -0.499. The largest absolute Gasteiger partial charge is 0.500 e. The van der Waals surface area contributed by atoms with Gasteiger partial charge in [0.15, 0.2) is 0 Å². The van der Waals surface area contributed by atoms with Crippen LogP contribution in [0.2, 0.25) is 18.1 Å². The maximum atomic E-state index is 12.2. The van der Waals surface area contributed by atoms with E-state index in [0.29, 0.717) is 56.7 Å². The highest BCUT2D eigenvalue weighted by molar-refractivity contribution is 6.61. The van der Waals surface area contributed by atoms with E-state index in [1.165, 1.54) is 0 Å². The zero-order chi connectivity index (χ0) is 27.9. The van der Waals surface area contributed by atoms with Crippen molar-refractivity contribution in [3.05, 3.63) is 12.2 Å². The molecule has 0 bridgehead atoms. The molecule has 0 unspecified atom stereocenters. The van der Waals surface area contributed by atoms with E-state index in [9.17, 15) is 9.90 Å². The molecule has 0 fully saturated rings. The van der Waals surface area contributed by atoms with Gasteiger partial charge in [0.2, 0.25) is 0 Å². The number of hydrogen-bond donors (Lipinski definition) is 1. The first-order valence-corrected chi connectivity index (χ1v) is 17.7. The van der Waals surface area contributed by atoms with Gasteiger partial charge in [-0.15, -0.1) is 0 Å². The van der Waals surface area contributed by atoms with Crippen molar-refractivity contribution in [3.63, 3.8) is 0 Å². The number of carbonyl (C=O) groups is 1. The van der Waals surface area contributed by atoms with Gasteiger partial charge < -0.3 is 44.9 Å². The minimum atomic E-state index is -2.82. The molecule has 0 amide bonds. The summed E-state index contributed by atoms with van der Waals surface area (Å²) >= 11 is 0. The predicted octanol–water partition coefficient (Wildman–Crippen LogP) is 3.59. The SMILES string of the molecule is C=C(C(=O)O)C(CCC[Si](OC)(OC)OC)(CCC[Si](OC)(OC)OC)CCC[Si](OC)(OC)OC. The van der Waals surface area contributed by atoms with Gasteiger partial charge in [0, 0.05) is 93.1 Å². The van der Waals surface area contributed by atoms with Crippen LogP contribution in [-0.2, 0) is 44.6 Å². The zero-order valence-corrected chi connectivity index (χ0v) is 26.6. The third-order valence-electron chi connectivity index (χ3n) is 7.11. The average molecular weight is 573 g/mol. The van der Waals surface area contributed by atoms with Crippen LogP contribution in [0, 0.1) is 5.41 Å². The van der Waals surface area contributed by atoms with Crippen LogP contribution in [0.5, 0.6) is 0 Å². The van der Waals surface area contributed by atoms with E-state index in [1.807, 2.05) is 0 Å². The van der Waals surface area contributed by atoms with Crippen molar-refractivity contribution in [3.8, 4) is 0 Å². The molecule has 0 rings (SSSR count). The second kappa shape index (κ2) is 17.2. The Bertz CT molecular complexity index is 549. The summed E-state index contributed by atoms with van der Waals surface area (Å²) < 4.78 is 50.1. The Morgan fingerprint density at radius 2 is 0.806 bits per heavy atom. The number of carboxylic acids is 1. The van der Waals surface area contributed by atoms with Crippen LogP contribution in [0.25, 0.3) is 0 Å². The molecule has 0 aromatic heterocycles. The summed E-state index contributed by atoms with van der Waals surface area (Å²) in [6.45, 7) is 4.01. The van der Waals surface area contributed by atoms with E-state index in [1.54, 1.807) is 64.0 Å². The van der Waals surface area contributed by atoms with Crippen molar-refractivity contribution in [1.82, 2.24) is 0 Å². The molecule has 0 saturated heterocycles. The van der Waals surface area contributed by atoms with Crippen LogP contribution in [-0.4, -0.2) is 101 Å². The molecule has 1 N–H and O–H groups in total. The van der Waals surface area contributed by atoms with Gasteiger partial charge in [-0.05, 0) is 38.5 Å². The van der Waals surface area contributed by atoms with Gasteiger partial charge >= 0.3 is 32.4 Å². The Labute approximate surface area is 220 Å². The molecule has 0 aliphatic rings. The summed E-state index contributed by atoms with van der Waals surface area (Å²) in [6, 6.07) is 1.64. The van der Waals surface area contributed by atoms with Crippen LogP contribution in [0.15, 0.2) is 12.2 Å². The van der Waals surface area contributed by atoms with Gasteiger partial charge in [-0.3, -0.25) is 0 Å². The van der Waals surface area contributed by atoms with Crippen molar-refractivity contribution < 1.29 is 49.7 Å². The smallest absolute Gasteiger partial charge is 0.478 e. The van der Waals surface area contributed by atoms with E-state index in [4.69, 9.17) is 39.8 Å². The fourth-order valence-corrected chi connectivity index (χ4v) is 9.82. The summed E-state index contributed by atoms with van der Waals surface area (Å²) in [5, 5.41) is 10.0. The summed E-state index contributed by atoms with van der Waals surface area (Å²) in [7, 11) is 5.64. The first kappa shape index (κ1) is 35.5. The Kier molecular flexibility index (Phi) is 16.9. The Morgan fingerprint density at radius 1 is 0.583 bits per heavy atom. The van der Waals surface area contributed by atoms with Gasteiger partial charge in [-0.2, -0.15) is 0 Å². The average Bonchev–Trinajstić information content (AvgIpc) is 2.91. The second-order valence-corrected chi connectivity index (χ2v) is 17.8. The lowest BCUT2D eigenvalue weighted by atomic mass is 9.70. The molecule has 0 aromatic rings. The maximum absolute atomic E-state index is 12.2. The fraction of sp³-hybridized carbons (Fsp3) is 0.864. The van der Waals surface area contributed by atoms with Gasteiger partial charge in [0.05, 0.1) is 0 Å². The molecule has 36 heavy (non-hydrogen) atoms. The predicted molar refractivity (Wildman–Crippen MR) is 142 cm³/mol. The molecule has 0 aliphatic heterocycles. The molecule has 11 nitrogen and oxygen atoms in total. The van der Waals surface area contributed by atoms with Crippen molar-refractivity contribution >= 4 is 32.4 Å². The third kappa shape index (κ3) is 9.67. The van der Waals surface area contributed by atoms with Crippen molar-refractivity contribution in [2.45, 2.75) is 56.7 Å². The lowest BCUT2D eigenvalue weighted by Crippen LogP contribution is -2.44. The number of rotatable bonds is 23. The van der Waals surface area contributed by atoms with E-state index in [-0.39, 0.29) is 5.57 Å². The Morgan fingerprint density at radius 3 is 0.972 bits per heavy atom. The van der Waals surface area contributed by atoms with Crippen molar-refractivity contribution in [2.75, 3.05) is 64.0 Å². The quantitative estimate of drug-likeness (QED) is 0.143. The summed E-state index contributed by atoms with van der Waals surface area (Å²) in [5.74, 6) is -1.02. The highest BCUT2D eigenvalue weighted by atomic mass is 28.4. The standard InChI is InChI=1S/C22H48O11Si3/c1-20(21(23)24)22(14-11-17-34(25-2,26-3)27-4,15-12-18-35(28-5,29-6)30-7)16-13-19-36(31-8,32-9)33-10/h1,11-19H2,2-10H3,(H,23,24). The second-order valence-electron chi connectivity index (χ2n) is 8.51. The molecule has 0 atom stereocenters. The summed E-state index contributed by atoms with van der Waals surface area (Å²) in [5.41, 5.74) is -0.535. The van der Waals surface area contributed by atoms with E-state index < -0.39 is 37.8 Å². The number of hydrogen-bond acceptors (Lipinski definition) is 10. The lowest BCUT2D eigenvalue weighted by molar-refractivity contribution is -0.134. The third-order valence-corrected chi connectivity index (χ3v) is 15.6. The molecule has 0 heterocycles. The molecule has 0 aromatic carbocycles. The first-order chi connectivity index (χ1) is 17.0. The van der Waals surface area contributed by atoms with Gasteiger partial charge in [-0.1, -0.05) is 6.58 Å². The van der Waals surface area contributed by atoms with Gasteiger partial charge in [-0.25, -0.2) is 4.79 Å². The first-order valence-electron chi connectivity index (χ1n) is 11.9. The summed E-state index contributed by atoms with van der Waals surface area (Å²) in [4.78, 5) is 12.2. The molecular formula is C22H48O11Si3. The Balaban J connectivity index is 5.98. The topological polar surface area (TPSA) is 120 Å². The highest BCUT2D eigenvalue weighted by Crippen LogP contribution is 2.44. The monoisotopic (exact) mass is 572 g/mol. The van der Waals surface area contributed by atoms with Crippen molar-refractivity contribution in [1.29, 1.82) is 0 Å². The van der Waals surface area contributed by atoms with Gasteiger partial charge in [0.1, 0.15) is 0 Å². The lowest BCUT2D eigenvalue weighted by Gasteiger charge is -2.37. The molecule has 0 saturated carbocycles. The number of carboxylic acid groups (broad SMARTS) is 1. The molecule has 14 heteroatoms.